The van der Waals surface area contributed by atoms with Crippen molar-refractivity contribution in [1.29, 1.82) is 0 Å². The Hall–Kier alpha value is -2.09. The lowest BCUT2D eigenvalue weighted by molar-refractivity contribution is 0.0957. The van der Waals surface area contributed by atoms with Gasteiger partial charge in [-0.2, -0.15) is 0 Å². The highest BCUT2D eigenvalue weighted by Crippen LogP contribution is 2.32. The van der Waals surface area contributed by atoms with Crippen LogP contribution in [0, 0.1) is 0 Å². The molecule has 2 N–H and O–H groups in total. The highest BCUT2D eigenvalue weighted by Gasteiger charge is 2.26. The van der Waals surface area contributed by atoms with Gasteiger partial charge in [-0.05, 0) is 42.7 Å². The van der Waals surface area contributed by atoms with E-state index < -0.39 is 0 Å². The predicted octanol–water partition coefficient (Wildman–Crippen LogP) is 4.32. The summed E-state index contributed by atoms with van der Waals surface area (Å²) < 4.78 is 7.75. The molecule has 2 aromatic heterocycles. The maximum atomic E-state index is 12.9. The Kier molecular flexibility index (Phi) is 7.46. The molecule has 0 atom stereocenters. The molecule has 1 aliphatic rings. The van der Waals surface area contributed by atoms with E-state index in [0.717, 1.165) is 40.7 Å². The van der Waals surface area contributed by atoms with Crippen molar-refractivity contribution >= 4 is 53.9 Å². The molecule has 0 saturated carbocycles. The quantitative estimate of drug-likeness (QED) is 0.482. The first-order chi connectivity index (χ1) is 12.6. The Morgan fingerprint density at radius 1 is 1.29 bits per heavy atom. The van der Waals surface area contributed by atoms with Gasteiger partial charge in [-0.3, -0.25) is 4.79 Å². The molecule has 1 aromatic carbocycles. The SMILES string of the molecule is Cl.Cl.Cn1ccnc1SCc1ccc(C(=O)N2CCCc3c(N)cccc32)o1. The second-order valence-electron chi connectivity index (χ2n) is 6.28. The van der Waals surface area contributed by atoms with Gasteiger partial charge in [0, 0.05) is 37.4 Å². The van der Waals surface area contributed by atoms with Crippen molar-refractivity contribution in [2.45, 2.75) is 23.8 Å². The third kappa shape index (κ3) is 4.32. The van der Waals surface area contributed by atoms with Crippen LogP contribution in [0.3, 0.4) is 0 Å². The summed E-state index contributed by atoms with van der Waals surface area (Å²) in [5.74, 6) is 1.62. The molecule has 150 valence electrons. The van der Waals surface area contributed by atoms with Gasteiger partial charge in [0.2, 0.25) is 0 Å². The number of amides is 1. The number of nitrogens with zero attached hydrogens (tertiary/aromatic N) is 3. The molecule has 1 aliphatic heterocycles. The zero-order chi connectivity index (χ0) is 18.1. The number of nitrogen functional groups attached to an aromatic ring is 1. The van der Waals surface area contributed by atoms with Crippen LogP contribution in [0.1, 0.15) is 28.3 Å². The van der Waals surface area contributed by atoms with Crippen molar-refractivity contribution in [1.82, 2.24) is 9.55 Å². The third-order valence-corrected chi connectivity index (χ3v) is 5.61. The molecule has 0 spiro atoms. The average Bonchev–Trinajstić information content (AvgIpc) is 3.28. The van der Waals surface area contributed by atoms with E-state index in [9.17, 15) is 4.79 Å². The lowest BCUT2D eigenvalue weighted by Gasteiger charge is -2.29. The number of carbonyl (C=O) groups is 1. The molecule has 4 rings (SSSR count). The van der Waals surface area contributed by atoms with E-state index in [-0.39, 0.29) is 30.7 Å². The summed E-state index contributed by atoms with van der Waals surface area (Å²) in [5, 5.41) is 0.912. The van der Waals surface area contributed by atoms with E-state index in [0.29, 0.717) is 18.1 Å². The van der Waals surface area contributed by atoms with Gasteiger partial charge in [-0.25, -0.2) is 4.98 Å². The van der Waals surface area contributed by atoms with Gasteiger partial charge in [-0.15, -0.1) is 24.8 Å². The fraction of sp³-hybridized carbons (Fsp3) is 0.263. The summed E-state index contributed by atoms with van der Waals surface area (Å²) in [6, 6.07) is 9.32. The smallest absolute Gasteiger partial charge is 0.293 e. The molecule has 0 fully saturated rings. The lowest BCUT2D eigenvalue weighted by Crippen LogP contribution is -2.35. The van der Waals surface area contributed by atoms with Crippen LogP contribution in [0.25, 0.3) is 0 Å². The minimum absolute atomic E-state index is 0. The normalized spacial score (nSPS) is 12.7. The number of hydrogen-bond donors (Lipinski definition) is 1. The largest absolute Gasteiger partial charge is 0.455 e. The highest BCUT2D eigenvalue weighted by molar-refractivity contribution is 7.98. The number of halogens is 2. The van der Waals surface area contributed by atoms with Gasteiger partial charge in [0.15, 0.2) is 10.9 Å². The molecule has 3 heterocycles. The number of aryl methyl sites for hydroxylation is 1. The summed E-state index contributed by atoms with van der Waals surface area (Å²) in [5.41, 5.74) is 8.75. The van der Waals surface area contributed by atoms with Crippen molar-refractivity contribution in [3.63, 3.8) is 0 Å². The van der Waals surface area contributed by atoms with E-state index in [1.165, 1.54) is 0 Å². The number of anilines is 2. The number of thioether (sulfide) groups is 1. The zero-order valence-corrected chi connectivity index (χ0v) is 17.8. The molecule has 0 radical (unpaired) electrons. The number of fused-ring (bicyclic) bond motifs is 1. The van der Waals surface area contributed by atoms with Crippen molar-refractivity contribution in [2.75, 3.05) is 17.2 Å². The van der Waals surface area contributed by atoms with E-state index in [2.05, 4.69) is 4.98 Å². The van der Waals surface area contributed by atoms with Gasteiger partial charge in [0.25, 0.3) is 5.91 Å². The van der Waals surface area contributed by atoms with E-state index in [1.54, 1.807) is 28.9 Å². The monoisotopic (exact) mass is 440 g/mol. The fourth-order valence-corrected chi connectivity index (χ4v) is 4.02. The zero-order valence-electron chi connectivity index (χ0n) is 15.3. The maximum Gasteiger partial charge on any atom is 0.293 e. The second kappa shape index (κ2) is 9.41. The standard InChI is InChI=1S/C19H20N4O2S.2ClH/c1-22-11-9-21-19(22)26-12-13-7-8-17(25-13)18(24)23-10-3-4-14-15(20)5-2-6-16(14)23;;/h2,5-9,11H,3-4,10,12,20H2,1H3;2*1H. The van der Waals surface area contributed by atoms with Crippen molar-refractivity contribution < 1.29 is 9.21 Å². The average molecular weight is 441 g/mol. The predicted molar refractivity (Wildman–Crippen MR) is 117 cm³/mol. The first kappa shape index (κ1) is 22.2. The second-order valence-corrected chi connectivity index (χ2v) is 7.22. The Morgan fingerprint density at radius 2 is 2.11 bits per heavy atom. The summed E-state index contributed by atoms with van der Waals surface area (Å²) in [6.45, 7) is 0.674. The Balaban J connectivity index is 0.00000140. The number of benzene rings is 1. The highest BCUT2D eigenvalue weighted by atomic mass is 35.5. The molecular formula is C19H22Cl2N4O2S. The minimum atomic E-state index is -0.121. The van der Waals surface area contributed by atoms with E-state index in [4.69, 9.17) is 10.2 Å². The van der Waals surface area contributed by atoms with Crippen LogP contribution in [-0.4, -0.2) is 22.0 Å². The number of hydrogen-bond acceptors (Lipinski definition) is 5. The maximum absolute atomic E-state index is 12.9. The van der Waals surface area contributed by atoms with Crippen molar-refractivity contribution in [3.8, 4) is 0 Å². The van der Waals surface area contributed by atoms with Crippen LogP contribution in [0.5, 0.6) is 0 Å². The van der Waals surface area contributed by atoms with Crippen molar-refractivity contribution in [3.05, 3.63) is 59.8 Å². The molecule has 0 unspecified atom stereocenters. The number of furan rings is 1. The number of aromatic nitrogens is 2. The van der Waals surface area contributed by atoms with Crippen LogP contribution in [0.4, 0.5) is 11.4 Å². The number of nitrogens with two attached hydrogens (primary N) is 1. The topological polar surface area (TPSA) is 77.3 Å². The molecule has 0 bridgehead atoms. The Labute approximate surface area is 180 Å². The van der Waals surface area contributed by atoms with Crippen LogP contribution in [-0.2, 0) is 19.2 Å². The van der Waals surface area contributed by atoms with Crippen LogP contribution < -0.4 is 10.6 Å². The molecule has 9 heteroatoms. The molecular weight excluding hydrogens is 419 g/mol. The lowest BCUT2D eigenvalue weighted by atomic mass is 9.99. The van der Waals surface area contributed by atoms with E-state index in [1.807, 2.05) is 42.1 Å². The molecule has 3 aromatic rings. The number of imidazole rings is 1. The third-order valence-electron chi connectivity index (χ3n) is 4.52. The van der Waals surface area contributed by atoms with Crippen LogP contribution >= 0.6 is 36.6 Å². The van der Waals surface area contributed by atoms with Gasteiger partial charge < -0.3 is 19.6 Å². The molecule has 0 saturated heterocycles. The first-order valence-electron chi connectivity index (χ1n) is 8.51. The van der Waals surface area contributed by atoms with Crippen LogP contribution in [0.2, 0.25) is 0 Å². The molecule has 6 nitrogen and oxygen atoms in total. The van der Waals surface area contributed by atoms with E-state index >= 15 is 0 Å². The molecule has 0 aliphatic carbocycles. The van der Waals surface area contributed by atoms with Gasteiger partial charge in [-0.1, -0.05) is 17.8 Å². The van der Waals surface area contributed by atoms with Gasteiger partial charge >= 0.3 is 0 Å². The summed E-state index contributed by atoms with van der Waals surface area (Å²) in [6.07, 6.45) is 5.46. The summed E-state index contributed by atoms with van der Waals surface area (Å²) in [7, 11) is 1.95. The Bertz CT molecular complexity index is 957. The number of rotatable bonds is 4. The molecule has 28 heavy (non-hydrogen) atoms. The summed E-state index contributed by atoms with van der Waals surface area (Å²) >= 11 is 1.57. The van der Waals surface area contributed by atoms with Crippen LogP contribution in [0.15, 0.2) is 52.3 Å². The molecule has 1 amide bonds. The van der Waals surface area contributed by atoms with Gasteiger partial charge in [0.05, 0.1) is 5.75 Å². The number of carbonyl (C=O) groups excluding carboxylic acids is 1. The fourth-order valence-electron chi connectivity index (χ4n) is 3.19. The minimum Gasteiger partial charge on any atom is -0.455 e. The van der Waals surface area contributed by atoms with Gasteiger partial charge in [0.1, 0.15) is 5.76 Å². The van der Waals surface area contributed by atoms with Crippen molar-refractivity contribution in [2.24, 2.45) is 7.05 Å². The Morgan fingerprint density at radius 3 is 2.86 bits per heavy atom. The summed E-state index contributed by atoms with van der Waals surface area (Å²) in [4.78, 5) is 19.0. The first-order valence-corrected chi connectivity index (χ1v) is 9.50.